The Bertz CT molecular complexity index is 1640. The van der Waals surface area contributed by atoms with Crippen LogP contribution in [-0.4, -0.2) is 15.0 Å². The van der Waals surface area contributed by atoms with Crippen LogP contribution >= 0.6 is 0 Å². The Morgan fingerprint density at radius 1 is 0.553 bits per heavy atom. The lowest BCUT2D eigenvalue weighted by atomic mass is 9.67. The number of aromatic nitrogens is 3. The minimum Gasteiger partial charge on any atom is -0.238 e. The SMILES string of the molecule is [C-]#[N+]c1ccc2c(c1)-c1ccc(-c3nc(-c4ccccc4)nc(-c4ccccc4)n3)cc1C21CCCCC1. The molecule has 0 radical (unpaired) electrons. The summed E-state index contributed by atoms with van der Waals surface area (Å²) in [6, 6.07) is 33.2. The first-order valence-electron chi connectivity index (χ1n) is 13.3. The van der Waals surface area contributed by atoms with Crippen molar-refractivity contribution in [2.75, 3.05) is 0 Å². The predicted octanol–water partition coefficient (Wildman–Crippen LogP) is 8.65. The lowest BCUT2D eigenvalue weighted by Gasteiger charge is -2.36. The van der Waals surface area contributed by atoms with Gasteiger partial charge in [-0.2, -0.15) is 0 Å². The molecule has 0 N–H and O–H groups in total. The van der Waals surface area contributed by atoms with Gasteiger partial charge in [0.2, 0.25) is 0 Å². The second-order valence-electron chi connectivity index (χ2n) is 10.3. The summed E-state index contributed by atoms with van der Waals surface area (Å²) < 4.78 is 0. The van der Waals surface area contributed by atoms with Crippen molar-refractivity contribution in [2.24, 2.45) is 0 Å². The maximum atomic E-state index is 7.56. The number of rotatable bonds is 3. The van der Waals surface area contributed by atoms with Crippen LogP contribution < -0.4 is 0 Å². The molecule has 1 spiro atoms. The third-order valence-electron chi connectivity index (χ3n) is 8.14. The molecule has 0 saturated heterocycles. The molecular weight excluding hydrogens is 464 g/mol. The van der Waals surface area contributed by atoms with Crippen molar-refractivity contribution in [1.82, 2.24) is 15.0 Å². The van der Waals surface area contributed by atoms with Crippen molar-refractivity contribution in [3.63, 3.8) is 0 Å². The van der Waals surface area contributed by atoms with Crippen LogP contribution in [0.2, 0.25) is 0 Å². The van der Waals surface area contributed by atoms with Gasteiger partial charge in [0.15, 0.2) is 23.2 Å². The molecule has 182 valence electrons. The van der Waals surface area contributed by atoms with E-state index in [0.717, 1.165) is 29.5 Å². The minimum atomic E-state index is -0.00294. The van der Waals surface area contributed by atoms with E-state index in [0.29, 0.717) is 23.2 Å². The van der Waals surface area contributed by atoms with Crippen LogP contribution in [0.3, 0.4) is 0 Å². The highest BCUT2D eigenvalue weighted by molar-refractivity contribution is 5.85. The van der Waals surface area contributed by atoms with Gasteiger partial charge in [-0.05, 0) is 47.2 Å². The monoisotopic (exact) mass is 490 g/mol. The summed E-state index contributed by atoms with van der Waals surface area (Å²) in [6.07, 6.45) is 5.98. The van der Waals surface area contributed by atoms with Crippen LogP contribution in [0.1, 0.15) is 43.2 Å². The first-order valence-corrected chi connectivity index (χ1v) is 13.3. The normalized spacial score (nSPS) is 15.0. The number of fused-ring (bicyclic) bond motifs is 5. The van der Waals surface area contributed by atoms with E-state index in [9.17, 15) is 0 Å². The Labute approximate surface area is 222 Å². The van der Waals surface area contributed by atoms with Crippen molar-refractivity contribution in [3.05, 3.63) is 120 Å². The van der Waals surface area contributed by atoms with Gasteiger partial charge in [0.1, 0.15) is 0 Å². The molecule has 1 saturated carbocycles. The van der Waals surface area contributed by atoms with E-state index < -0.39 is 0 Å². The summed E-state index contributed by atoms with van der Waals surface area (Å²) >= 11 is 0. The van der Waals surface area contributed by atoms with E-state index in [1.807, 2.05) is 66.7 Å². The Kier molecular flexibility index (Phi) is 5.37. The maximum absolute atomic E-state index is 7.56. The van der Waals surface area contributed by atoms with Crippen molar-refractivity contribution in [2.45, 2.75) is 37.5 Å². The zero-order valence-electron chi connectivity index (χ0n) is 21.1. The van der Waals surface area contributed by atoms with Gasteiger partial charge in [-0.1, -0.05) is 104 Å². The molecule has 4 aromatic carbocycles. The molecule has 38 heavy (non-hydrogen) atoms. The molecule has 0 aliphatic heterocycles. The smallest absolute Gasteiger partial charge is 0.187 e. The first-order chi connectivity index (χ1) is 18.7. The second kappa shape index (κ2) is 9.04. The third kappa shape index (κ3) is 3.63. The average molecular weight is 491 g/mol. The lowest BCUT2D eigenvalue weighted by molar-refractivity contribution is 0.353. The largest absolute Gasteiger partial charge is 0.238 e. The summed E-state index contributed by atoms with van der Waals surface area (Å²) in [5, 5.41) is 0. The zero-order chi connectivity index (χ0) is 25.5. The molecule has 2 aliphatic carbocycles. The van der Waals surface area contributed by atoms with E-state index in [-0.39, 0.29) is 5.41 Å². The molecule has 7 rings (SSSR count). The van der Waals surface area contributed by atoms with E-state index >= 15 is 0 Å². The zero-order valence-corrected chi connectivity index (χ0v) is 21.1. The molecule has 1 aromatic heterocycles. The molecule has 2 aliphatic rings. The van der Waals surface area contributed by atoms with Crippen molar-refractivity contribution >= 4 is 5.69 Å². The maximum Gasteiger partial charge on any atom is 0.187 e. The van der Waals surface area contributed by atoms with Crippen molar-refractivity contribution in [3.8, 4) is 45.3 Å². The molecule has 5 aromatic rings. The average Bonchev–Trinajstić information content (AvgIpc) is 3.26. The molecule has 1 fully saturated rings. The predicted molar refractivity (Wildman–Crippen MR) is 152 cm³/mol. The van der Waals surface area contributed by atoms with Gasteiger partial charge in [0.25, 0.3) is 0 Å². The Morgan fingerprint density at radius 2 is 1.16 bits per heavy atom. The molecule has 0 amide bonds. The summed E-state index contributed by atoms with van der Waals surface area (Å²) in [5.74, 6) is 2.03. The van der Waals surface area contributed by atoms with Gasteiger partial charge in [-0.25, -0.2) is 19.8 Å². The Balaban J connectivity index is 1.42. The third-order valence-corrected chi connectivity index (χ3v) is 8.14. The van der Waals surface area contributed by atoms with Crippen LogP contribution in [-0.2, 0) is 5.41 Å². The van der Waals surface area contributed by atoms with Crippen LogP contribution in [0.25, 0.3) is 50.1 Å². The summed E-state index contributed by atoms with van der Waals surface area (Å²) in [6.45, 7) is 7.56. The Morgan fingerprint density at radius 3 is 1.76 bits per heavy atom. The Hall–Kier alpha value is -4.62. The molecule has 0 bridgehead atoms. The highest BCUT2D eigenvalue weighted by Gasteiger charge is 2.43. The highest BCUT2D eigenvalue weighted by atomic mass is 15.0. The van der Waals surface area contributed by atoms with Gasteiger partial charge in [0, 0.05) is 22.1 Å². The van der Waals surface area contributed by atoms with Crippen molar-refractivity contribution in [1.29, 1.82) is 0 Å². The minimum absolute atomic E-state index is 0.00294. The number of hydrogen-bond donors (Lipinski definition) is 0. The van der Waals surface area contributed by atoms with E-state index in [1.165, 1.54) is 41.5 Å². The van der Waals surface area contributed by atoms with Gasteiger partial charge in [0.05, 0.1) is 6.57 Å². The molecule has 0 unspecified atom stereocenters. The van der Waals surface area contributed by atoms with Crippen LogP contribution in [0.15, 0.2) is 97.1 Å². The lowest BCUT2D eigenvalue weighted by Crippen LogP contribution is -2.28. The standard InChI is InChI=1S/C34H26N4/c1-35-26-16-18-29-28(22-26)27-17-15-25(21-30(27)34(29)19-9-4-10-20-34)33-37-31(23-11-5-2-6-12-23)36-32(38-33)24-13-7-3-8-14-24/h2-3,5-8,11-18,21-22H,4,9-10,19-20H2. The molecular formula is C34H26N4. The van der Waals surface area contributed by atoms with Crippen LogP contribution in [0.4, 0.5) is 5.69 Å². The molecule has 1 heterocycles. The van der Waals surface area contributed by atoms with Gasteiger partial charge < -0.3 is 0 Å². The number of benzene rings is 4. The summed E-state index contributed by atoms with van der Waals surface area (Å²) in [5.41, 5.74) is 8.83. The molecule has 4 nitrogen and oxygen atoms in total. The van der Waals surface area contributed by atoms with E-state index in [4.69, 9.17) is 21.5 Å². The first kappa shape index (κ1) is 22.6. The number of nitrogens with zero attached hydrogens (tertiary/aromatic N) is 4. The fourth-order valence-electron chi connectivity index (χ4n) is 6.33. The summed E-state index contributed by atoms with van der Waals surface area (Å²) in [4.78, 5) is 18.5. The van der Waals surface area contributed by atoms with Crippen LogP contribution in [0, 0.1) is 6.57 Å². The number of hydrogen-bond acceptors (Lipinski definition) is 3. The van der Waals surface area contributed by atoms with E-state index in [1.54, 1.807) is 0 Å². The van der Waals surface area contributed by atoms with E-state index in [2.05, 4.69) is 35.2 Å². The van der Waals surface area contributed by atoms with Crippen molar-refractivity contribution < 1.29 is 0 Å². The summed E-state index contributed by atoms with van der Waals surface area (Å²) in [7, 11) is 0. The van der Waals surface area contributed by atoms with Gasteiger partial charge >= 0.3 is 0 Å². The quantitative estimate of drug-likeness (QED) is 0.238. The fraction of sp³-hybridized carbons (Fsp3) is 0.176. The second-order valence-corrected chi connectivity index (χ2v) is 10.3. The molecule has 0 atom stereocenters. The van der Waals surface area contributed by atoms with Gasteiger partial charge in [-0.3, -0.25) is 0 Å². The highest BCUT2D eigenvalue weighted by Crippen LogP contribution is 2.56. The topological polar surface area (TPSA) is 43.0 Å². The van der Waals surface area contributed by atoms with Gasteiger partial charge in [-0.15, -0.1) is 0 Å². The van der Waals surface area contributed by atoms with Crippen LogP contribution in [0.5, 0.6) is 0 Å². The fourth-order valence-corrected chi connectivity index (χ4v) is 6.33. The molecule has 4 heteroatoms.